The van der Waals surface area contributed by atoms with Crippen LogP contribution in [0.3, 0.4) is 0 Å². The zero-order chi connectivity index (χ0) is 19.9. The monoisotopic (exact) mass is 384 g/mol. The molecule has 0 amide bonds. The average Bonchev–Trinajstić information content (AvgIpc) is 2.71. The molecule has 1 atom stereocenters. The molecule has 2 aromatic carbocycles. The molecule has 1 unspecified atom stereocenters. The van der Waals surface area contributed by atoms with Gasteiger partial charge in [-0.1, -0.05) is 19.1 Å². The molecule has 0 saturated heterocycles. The van der Waals surface area contributed by atoms with Gasteiger partial charge >= 0.3 is 0 Å². The van der Waals surface area contributed by atoms with E-state index in [0.29, 0.717) is 6.61 Å². The predicted octanol–water partition coefficient (Wildman–Crippen LogP) is 3.66. The third kappa shape index (κ3) is 4.97. The Morgan fingerprint density at radius 1 is 1.04 bits per heavy atom. The molecule has 0 aromatic heterocycles. The summed E-state index contributed by atoms with van der Waals surface area (Å²) in [6, 6.07) is 12.8. The molecule has 0 radical (unpaired) electrons. The Labute approximate surface area is 168 Å². The van der Waals surface area contributed by atoms with Gasteiger partial charge in [-0.25, -0.2) is 0 Å². The van der Waals surface area contributed by atoms with Crippen molar-refractivity contribution in [2.75, 3.05) is 47.5 Å². The van der Waals surface area contributed by atoms with Crippen molar-refractivity contribution in [3.8, 4) is 17.2 Å². The molecule has 0 saturated carbocycles. The van der Waals surface area contributed by atoms with Crippen LogP contribution in [0.1, 0.15) is 36.1 Å². The fourth-order valence-electron chi connectivity index (χ4n) is 3.45. The lowest BCUT2D eigenvalue weighted by Gasteiger charge is -2.29. The quantitative estimate of drug-likeness (QED) is 0.715. The number of hydrogen-bond acceptors (Lipinski definition) is 5. The molecule has 152 valence electrons. The van der Waals surface area contributed by atoms with Gasteiger partial charge < -0.3 is 24.4 Å². The fourth-order valence-corrected chi connectivity index (χ4v) is 3.45. The normalized spacial score (nSPS) is 16.0. The Morgan fingerprint density at radius 2 is 1.82 bits per heavy atom. The van der Waals surface area contributed by atoms with E-state index in [2.05, 4.69) is 53.5 Å². The zero-order valence-electron chi connectivity index (χ0n) is 17.5. The van der Waals surface area contributed by atoms with E-state index in [1.165, 1.54) is 16.7 Å². The number of hydrogen-bond donors (Lipinski definition) is 1. The van der Waals surface area contributed by atoms with E-state index in [4.69, 9.17) is 14.2 Å². The Bertz CT molecular complexity index is 759. The molecule has 5 heteroatoms. The molecule has 1 N–H and O–H groups in total. The Morgan fingerprint density at radius 3 is 2.50 bits per heavy atom. The third-order valence-electron chi connectivity index (χ3n) is 4.96. The van der Waals surface area contributed by atoms with Gasteiger partial charge in [-0.3, -0.25) is 0 Å². The van der Waals surface area contributed by atoms with Gasteiger partial charge in [-0.2, -0.15) is 0 Å². The van der Waals surface area contributed by atoms with Gasteiger partial charge in [0.2, 0.25) is 0 Å². The maximum absolute atomic E-state index is 6.04. The lowest BCUT2D eigenvalue weighted by molar-refractivity contribution is 0.250. The summed E-state index contributed by atoms with van der Waals surface area (Å²) in [6.45, 7) is 5.29. The lowest BCUT2D eigenvalue weighted by atomic mass is 9.89. The number of fused-ring (bicyclic) bond motifs is 1. The number of methoxy groups -OCH3 is 1. The highest BCUT2D eigenvalue weighted by Gasteiger charge is 2.24. The van der Waals surface area contributed by atoms with Crippen LogP contribution in [0.25, 0.3) is 0 Å². The molecule has 0 fully saturated rings. The number of nitrogens with one attached hydrogen (secondary N) is 1. The van der Waals surface area contributed by atoms with Crippen molar-refractivity contribution >= 4 is 0 Å². The molecular weight excluding hydrogens is 352 g/mol. The summed E-state index contributed by atoms with van der Waals surface area (Å²) in [6.07, 6.45) is 2.00. The third-order valence-corrected chi connectivity index (χ3v) is 4.96. The standard InChI is InChI=1S/C23H32N2O3/c1-5-13-27-19-8-6-17(7-9-19)23-20-16-22(28-14-12-25(2)3)21(26-4)15-18(20)10-11-24-23/h6-9,15-16,23-24H,5,10-14H2,1-4H3. The van der Waals surface area contributed by atoms with Gasteiger partial charge in [-0.15, -0.1) is 0 Å². The van der Waals surface area contributed by atoms with Crippen molar-refractivity contribution in [1.82, 2.24) is 10.2 Å². The Hall–Kier alpha value is -2.24. The topological polar surface area (TPSA) is 43.0 Å². The van der Waals surface area contributed by atoms with Gasteiger partial charge in [0.1, 0.15) is 12.4 Å². The van der Waals surface area contributed by atoms with Crippen LogP contribution in [0.15, 0.2) is 36.4 Å². The Kier molecular flexibility index (Phi) is 7.18. The summed E-state index contributed by atoms with van der Waals surface area (Å²) < 4.78 is 17.3. The lowest BCUT2D eigenvalue weighted by Crippen LogP contribution is -2.30. The van der Waals surface area contributed by atoms with Crippen molar-refractivity contribution in [3.05, 3.63) is 53.1 Å². The first kappa shape index (κ1) is 20.5. The molecule has 0 bridgehead atoms. The van der Waals surface area contributed by atoms with Crippen LogP contribution >= 0.6 is 0 Å². The molecule has 5 nitrogen and oxygen atoms in total. The van der Waals surface area contributed by atoms with Crippen LogP contribution in [0.2, 0.25) is 0 Å². The second-order valence-corrected chi connectivity index (χ2v) is 7.41. The van der Waals surface area contributed by atoms with E-state index in [0.717, 1.165) is 49.8 Å². The summed E-state index contributed by atoms with van der Waals surface area (Å²) in [4.78, 5) is 2.11. The van der Waals surface area contributed by atoms with Crippen LogP contribution in [0.5, 0.6) is 17.2 Å². The molecule has 0 spiro atoms. The molecular formula is C23H32N2O3. The van der Waals surface area contributed by atoms with Crippen molar-refractivity contribution in [2.45, 2.75) is 25.8 Å². The SMILES string of the molecule is CCCOc1ccc(C2NCCc3cc(OC)c(OCCN(C)C)cc32)cc1. The molecule has 1 heterocycles. The minimum Gasteiger partial charge on any atom is -0.494 e. The van der Waals surface area contributed by atoms with Gasteiger partial charge in [0, 0.05) is 13.1 Å². The van der Waals surface area contributed by atoms with Crippen LogP contribution in [-0.4, -0.2) is 52.4 Å². The summed E-state index contributed by atoms with van der Waals surface area (Å²) in [5.74, 6) is 2.53. The maximum atomic E-state index is 6.04. The molecule has 0 aliphatic carbocycles. The maximum Gasteiger partial charge on any atom is 0.161 e. The van der Waals surface area contributed by atoms with Crippen LogP contribution in [-0.2, 0) is 6.42 Å². The fraction of sp³-hybridized carbons (Fsp3) is 0.478. The predicted molar refractivity (Wildman–Crippen MR) is 113 cm³/mol. The number of ether oxygens (including phenoxy) is 3. The summed E-state index contributed by atoms with van der Waals surface area (Å²) >= 11 is 0. The van der Waals surface area contributed by atoms with Crippen molar-refractivity contribution in [1.29, 1.82) is 0 Å². The second kappa shape index (κ2) is 9.80. The summed E-state index contributed by atoms with van der Waals surface area (Å²) in [5.41, 5.74) is 3.80. The molecule has 1 aliphatic heterocycles. The smallest absolute Gasteiger partial charge is 0.161 e. The number of nitrogens with zero attached hydrogens (tertiary/aromatic N) is 1. The number of rotatable bonds is 9. The highest BCUT2D eigenvalue weighted by Crippen LogP contribution is 2.37. The van der Waals surface area contributed by atoms with E-state index in [9.17, 15) is 0 Å². The van der Waals surface area contributed by atoms with Gasteiger partial charge in [0.25, 0.3) is 0 Å². The largest absolute Gasteiger partial charge is 0.494 e. The van der Waals surface area contributed by atoms with E-state index in [1.54, 1.807) is 7.11 Å². The second-order valence-electron chi connectivity index (χ2n) is 7.41. The first-order chi connectivity index (χ1) is 13.6. The van der Waals surface area contributed by atoms with Crippen LogP contribution in [0.4, 0.5) is 0 Å². The average molecular weight is 385 g/mol. The number of likely N-dealkylation sites (N-methyl/N-ethyl adjacent to an activating group) is 1. The molecule has 1 aliphatic rings. The van der Waals surface area contributed by atoms with Crippen LogP contribution in [0, 0.1) is 0 Å². The van der Waals surface area contributed by atoms with E-state index in [1.807, 2.05) is 14.1 Å². The molecule has 2 aromatic rings. The first-order valence-corrected chi connectivity index (χ1v) is 10.1. The minimum atomic E-state index is 0.145. The van der Waals surface area contributed by atoms with Gasteiger partial charge in [-0.05, 0) is 67.9 Å². The number of benzene rings is 2. The highest BCUT2D eigenvalue weighted by molar-refractivity contribution is 5.52. The molecule has 3 rings (SSSR count). The first-order valence-electron chi connectivity index (χ1n) is 10.1. The van der Waals surface area contributed by atoms with Crippen LogP contribution < -0.4 is 19.5 Å². The van der Waals surface area contributed by atoms with E-state index < -0.39 is 0 Å². The molecule has 28 heavy (non-hydrogen) atoms. The Balaban J connectivity index is 1.84. The van der Waals surface area contributed by atoms with Gasteiger partial charge in [0.15, 0.2) is 11.5 Å². The van der Waals surface area contributed by atoms with E-state index in [-0.39, 0.29) is 6.04 Å². The van der Waals surface area contributed by atoms with Crippen molar-refractivity contribution < 1.29 is 14.2 Å². The highest BCUT2D eigenvalue weighted by atomic mass is 16.5. The van der Waals surface area contributed by atoms with E-state index >= 15 is 0 Å². The summed E-state index contributed by atoms with van der Waals surface area (Å²) in [7, 11) is 5.79. The summed E-state index contributed by atoms with van der Waals surface area (Å²) in [5, 5.41) is 3.65. The van der Waals surface area contributed by atoms with Crippen molar-refractivity contribution in [2.24, 2.45) is 0 Å². The van der Waals surface area contributed by atoms with Crippen molar-refractivity contribution in [3.63, 3.8) is 0 Å². The minimum absolute atomic E-state index is 0.145. The zero-order valence-corrected chi connectivity index (χ0v) is 17.5. The van der Waals surface area contributed by atoms with Gasteiger partial charge in [0.05, 0.1) is 19.8 Å².